The molecule has 0 unspecified atom stereocenters. The predicted molar refractivity (Wildman–Crippen MR) is 232 cm³/mol. The van der Waals surface area contributed by atoms with Gasteiger partial charge in [-0.2, -0.15) is 0 Å². The van der Waals surface area contributed by atoms with E-state index in [0.717, 1.165) is 43.8 Å². The van der Waals surface area contributed by atoms with Crippen LogP contribution >= 0.6 is 0 Å². The van der Waals surface area contributed by atoms with Crippen molar-refractivity contribution < 1.29 is 19.4 Å². The predicted octanol–water partition coefficient (Wildman–Crippen LogP) is 9.79. The summed E-state index contributed by atoms with van der Waals surface area (Å²) in [5, 5.41) is 13.3. The van der Waals surface area contributed by atoms with E-state index in [1.54, 1.807) is 62.8 Å². The topological polar surface area (TPSA) is 165 Å². The third-order valence-corrected chi connectivity index (χ3v) is 10.6. The zero-order valence-corrected chi connectivity index (χ0v) is 32.3. The van der Waals surface area contributed by atoms with E-state index in [-0.39, 0.29) is 0 Å². The van der Waals surface area contributed by atoms with Crippen molar-refractivity contribution in [3.05, 3.63) is 157 Å². The molecule has 6 aromatic carbocycles. The number of hydrogen-bond donors (Lipinski definition) is 3. The first-order valence-corrected chi connectivity index (χ1v) is 19.2. The van der Waals surface area contributed by atoms with Crippen LogP contribution in [0.3, 0.4) is 0 Å². The highest BCUT2D eigenvalue weighted by molar-refractivity contribution is 6.06. The lowest BCUT2D eigenvalue weighted by Gasteiger charge is -2.14. The molecule has 0 aliphatic carbocycles. The zero-order valence-electron chi connectivity index (χ0n) is 32.3. The molecule has 11 rings (SSSR count). The Hall–Kier alpha value is -8.25. The van der Waals surface area contributed by atoms with Gasteiger partial charge in [-0.15, -0.1) is 0 Å². The SMILES string of the molecule is COc1ccc(C(C(=O)O)c2ccc(OC)cc2)cc1.c1ccc2c(c1)-c1nc-2nc2[nH]c(nc3nc(nc4[nH]c(n1)c1ccccc41)-c1ccccc1-3)c1ccccc21. The van der Waals surface area contributed by atoms with E-state index in [9.17, 15) is 9.90 Å². The summed E-state index contributed by atoms with van der Waals surface area (Å²) in [5.41, 5.74) is 7.87. The molecule has 12 nitrogen and oxygen atoms in total. The maximum absolute atomic E-state index is 11.5. The Morgan fingerprint density at radius 1 is 0.433 bits per heavy atom. The number of aromatic nitrogens is 8. The Kier molecular flexibility index (Phi) is 8.98. The third-order valence-electron chi connectivity index (χ3n) is 10.6. The van der Waals surface area contributed by atoms with Gasteiger partial charge in [0.25, 0.3) is 0 Å². The molecular formula is C48H34N8O4. The quantitative estimate of drug-likeness (QED) is 0.153. The molecule has 290 valence electrons. The standard InChI is InChI=1S/C32H18N8.C16H16O4/c1-2-10-18-17(9-1)25-33-26(18)38-28-21-13-5-6-14-22(21)30(35-28)40-32-24-16-8-7-15-23(24)31(36-32)39-29-20-12-4-3-11-19(20)27(34-29)37-25;1-19-13-7-3-11(4-8-13)15(16(17)18)12-5-9-14(20-2)10-6-12/h1-16H,(H2,33,34,35,36,37,38,39,40);3-10,15H,1-2H3,(H,17,18). The molecule has 60 heavy (non-hydrogen) atoms. The van der Waals surface area contributed by atoms with Crippen LogP contribution in [0, 0.1) is 0 Å². The summed E-state index contributed by atoms with van der Waals surface area (Å²) in [6, 6.07) is 46.3. The molecule has 0 atom stereocenters. The van der Waals surface area contributed by atoms with Gasteiger partial charge < -0.3 is 24.5 Å². The second kappa shape index (κ2) is 14.9. The van der Waals surface area contributed by atoms with Crippen molar-refractivity contribution in [2.24, 2.45) is 0 Å². The third kappa shape index (κ3) is 6.42. The van der Waals surface area contributed by atoms with Gasteiger partial charge >= 0.3 is 5.97 Å². The molecule has 3 N–H and O–H groups in total. The van der Waals surface area contributed by atoms with E-state index in [1.165, 1.54) is 0 Å². The van der Waals surface area contributed by atoms with E-state index < -0.39 is 11.9 Å². The molecule has 0 radical (unpaired) electrons. The number of carbonyl (C=O) groups is 1. The number of carboxylic acids is 1. The number of methoxy groups -OCH3 is 2. The number of aromatic amines is 2. The number of benzene rings is 6. The fourth-order valence-corrected chi connectivity index (χ4v) is 7.66. The molecule has 3 aromatic heterocycles. The molecule has 5 heterocycles. The molecule has 0 saturated heterocycles. The minimum atomic E-state index is -0.889. The van der Waals surface area contributed by atoms with E-state index in [0.29, 0.717) is 68.5 Å². The van der Waals surface area contributed by atoms with Gasteiger partial charge in [-0.25, -0.2) is 29.9 Å². The first-order chi connectivity index (χ1) is 29.4. The highest BCUT2D eigenvalue weighted by atomic mass is 16.5. The van der Waals surface area contributed by atoms with Crippen LogP contribution in [0.4, 0.5) is 0 Å². The maximum atomic E-state index is 11.5. The second-order valence-electron chi connectivity index (χ2n) is 14.1. The number of nitrogens with zero attached hydrogens (tertiary/aromatic N) is 6. The lowest BCUT2D eigenvalue weighted by atomic mass is 9.91. The number of ether oxygens (including phenoxy) is 2. The van der Waals surface area contributed by atoms with Crippen LogP contribution in [0.25, 0.3) is 89.7 Å². The summed E-state index contributed by atoms with van der Waals surface area (Å²) < 4.78 is 10.2. The Morgan fingerprint density at radius 3 is 0.983 bits per heavy atom. The molecule has 0 fully saturated rings. The molecule has 2 aliphatic rings. The van der Waals surface area contributed by atoms with E-state index >= 15 is 0 Å². The van der Waals surface area contributed by atoms with Gasteiger partial charge in [-0.3, -0.25) is 4.79 Å². The fraction of sp³-hybridized carbons (Fsp3) is 0.0625. The monoisotopic (exact) mass is 786 g/mol. The fourth-order valence-electron chi connectivity index (χ4n) is 7.66. The van der Waals surface area contributed by atoms with E-state index in [1.807, 2.05) is 97.1 Å². The minimum Gasteiger partial charge on any atom is -0.497 e. The van der Waals surface area contributed by atoms with Gasteiger partial charge in [-0.05, 0) is 35.4 Å². The van der Waals surface area contributed by atoms with Gasteiger partial charge in [-0.1, -0.05) is 121 Å². The van der Waals surface area contributed by atoms with Crippen molar-refractivity contribution in [3.63, 3.8) is 0 Å². The Morgan fingerprint density at radius 2 is 0.717 bits per heavy atom. The summed E-state index contributed by atoms with van der Waals surface area (Å²) in [6.45, 7) is 0. The normalized spacial score (nSPS) is 11.4. The van der Waals surface area contributed by atoms with Crippen molar-refractivity contribution in [3.8, 4) is 57.1 Å². The molecule has 12 heteroatoms. The van der Waals surface area contributed by atoms with Crippen molar-refractivity contribution in [1.82, 2.24) is 39.9 Å². The number of carboxylic acid groups (broad SMARTS) is 1. The average molecular weight is 787 g/mol. The highest BCUT2D eigenvalue weighted by Crippen LogP contribution is 2.37. The number of fused-ring (bicyclic) bond motifs is 20. The Balaban J connectivity index is 0.000000183. The van der Waals surface area contributed by atoms with Crippen LogP contribution in [-0.4, -0.2) is 65.2 Å². The van der Waals surface area contributed by atoms with Gasteiger partial charge in [0.15, 0.2) is 23.3 Å². The van der Waals surface area contributed by atoms with Gasteiger partial charge in [0, 0.05) is 43.8 Å². The molecule has 8 bridgehead atoms. The largest absolute Gasteiger partial charge is 0.497 e. The molecule has 0 saturated carbocycles. The Bertz CT molecular complexity index is 2920. The summed E-state index contributed by atoms with van der Waals surface area (Å²) >= 11 is 0. The van der Waals surface area contributed by atoms with Crippen LogP contribution in [0.2, 0.25) is 0 Å². The zero-order chi connectivity index (χ0) is 40.7. The highest BCUT2D eigenvalue weighted by Gasteiger charge is 2.23. The van der Waals surface area contributed by atoms with Crippen LogP contribution in [0.15, 0.2) is 146 Å². The summed E-state index contributed by atoms with van der Waals surface area (Å²) in [5.74, 6) is 2.20. The average Bonchev–Trinajstić information content (AvgIpc) is 4.03. The van der Waals surface area contributed by atoms with Crippen molar-refractivity contribution in [1.29, 1.82) is 0 Å². The summed E-state index contributed by atoms with van der Waals surface area (Å²) in [4.78, 5) is 48.3. The number of nitrogens with one attached hydrogen (secondary N) is 2. The minimum absolute atomic E-state index is 0.597. The summed E-state index contributed by atoms with van der Waals surface area (Å²) in [6.07, 6.45) is 0. The van der Waals surface area contributed by atoms with Crippen LogP contribution in [-0.2, 0) is 4.79 Å². The van der Waals surface area contributed by atoms with Crippen molar-refractivity contribution in [2.75, 3.05) is 14.2 Å². The number of aliphatic carboxylic acids is 1. The lowest BCUT2D eigenvalue weighted by Crippen LogP contribution is -2.13. The van der Waals surface area contributed by atoms with Crippen LogP contribution in [0.5, 0.6) is 11.5 Å². The number of hydrogen-bond acceptors (Lipinski definition) is 9. The number of rotatable bonds is 5. The van der Waals surface area contributed by atoms with Crippen molar-refractivity contribution >= 4 is 50.1 Å². The van der Waals surface area contributed by atoms with Gasteiger partial charge in [0.05, 0.1) is 14.2 Å². The first kappa shape index (κ1) is 36.1. The Labute approximate surface area is 342 Å². The van der Waals surface area contributed by atoms with Crippen LogP contribution < -0.4 is 9.47 Å². The van der Waals surface area contributed by atoms with Gasteiger partial charge in [0.2, 0.25) is 0 Å². The maximum Gasteiger partial charge on any atom is 0.315 e. The second-order valence-corrected chi connectivity index (χ2v) is 14.1. The smallest absolute Gasteiger partial charge is 0.315 e. The summed E-state index contributed by atoms with van der Waals surface area (Å²) in [7, 11) is 3.15. The molecular weight excluding hydrogens is 753 g/mol. The van der Waals surface area contributed by atoms with Gasteiger partial charge in [0.1, 0.15) is 40.0 Å². The van der Waals surface area contributed by atoms with E-state index in [2.05, 4.69) is 9.97 Å². The first-order valence-electron chi connectivity index (χ1n) is 19.2. The molecule has 0 spiro atoms. The number of H-pyrrole nitrogens is 2. The van der Waals surface area contributed by atoms with Crippen LogP contribution in [0.1, 0.15) is 17.0 Å². The molecule has 0 amide bonds. The van der Waals surface area contributed by atoms with E-state index in [4.69, 9.17) is 39.4 Å². The lowest BCUT2D eigenvalue weighted by molar-refractivity contribution is -0.137. The van der Waals surface area contributed by atoms with Crippen molar-refractivity contribution in [2.45, 2.75) is 5.92 Å². The molecule has 2 aliphatic heterocycles. The molecule has 9 aromatic rings.